The molecule has 0 aromatic heterocycles. The molecule has 3 heteroatoms. The van der Waals surface area contributed by atoms with Gasteiger partial charge < -0.3 is 5.32 Å². The van der Waals surface area contributed by atoms with Crippen LogP contribution in [0, 0.1) is 5.92 Å². The topological polar surface area (TPSA) is 12.0 Å². The average molecular weight is 316 g/mol. The summed E-state index contributed by atoms with van der Waals surface area (Å²) in [7, 11) is 0. The molecule has 0 aliphatic rings. The molecule has 0 saturated heterocycles. The minimum atomic E-state index is 0. The van der Waals surface area contributed by atoms with Gasteiger partial charge in [-0.1, -0.05) is 38.1 Å². The van der Waals surface area contributed by atoms with Crippen molar-refractivity contribution in [3.05, 3.63) is 42.5 Å². The fourth-order valence-electron chi connectivity index (χ4n) is 1.43. The second-order valence-corrected chi connectivity index (χ2v) is 5.29. The van der Waals surface area contributed by atoms with Crippen molar-refractivity contribution in [1.29, 1.82) is 0 Å². The SMILES string of the molecule is Br.C=CCSc1ccccc1CNCC(C)C. The van der Waals surface area contributed by atoms with Gasteiger partial charge in [0.1, 0.15) is 0 Å². The molecule has 1 nitrogen and oxygen atoms in total. The fraction of sp³-hybridized carbons (Fsp3) is 0.429. The zero-order chi connectivity index (χ0) is 11.8. The summed E-state index contributed by atoms with van der Waals surface area (Å²) in [5, 5.41) is 3.48. The van der Waals surface area contributed by atoms with Crippen molar-refractivity contribution in [2.24, 2.45) is 5.92 Å². The highest BCUT2D eigenvalue weighted by atomic mass is 79.9. The van der Waals surface area contributed by atoms with Crippen LogP contribution in [0.5, 0.6) is 0 Å². The van der Waals surface area contributed by atoms with E-state index in [1.165, 1.54) is 10.5 Å². The molecule has 0 spiro atoms. The van der Waals surface area contributed by atoms with Gasteiger partial charge in [0.05, 0.1) is 0 Å². The summed E-state index contributed by atoms with van der Waals surface area (Å²) in [6.45, 7) is 10.2. The molecule has 0 radical (unpaired) electrons. The second kappa shape index (κ2) is 9.75. The van der Waals surface area contributed by atoms with E-state index in [2.05, 4.69) is 50.0 Å². The highest BCUT2D eigenvalue weighted by molar-refractivity contribution is 8.93. The van der Waals surface area contributed by atoms with Crippen molar-refractivity contribution >= 4 is 28.7 Å². The lowest BCUT2D eigenvalue weighted by Crippen LogP contribution is -2.19. The Kier molecular flexibility index (Phi) is 9.60. The maximum atomic E-state index is 3.75. The van der Waals surface area contributed by atoms with Crippen LogP contribution in [0.15, 0.2) is 41.8 Å². The van der Waals surface area contributed by atoms with E-state index in [1.807, 2.05) is 17.8 Å². The van der Waals surface area contributed by atoms with E-state index in [1.54, 1.807) is 0 Å². The Balaban J connectivity index is 0.00000256. The van der Waals surface area contributed by atoms with E-state index in [9.17, 15) is 0 Å². The predicted octanol–water partition coefficient (Wildman–Crippen LogP) is 4.29. The molecule has 0 amide bonds. The molecule has 0 aliphatic carbocycles. The molecule has 1 rings (SSSR count). The molecule has 0 fully saturated rings. The van der Waals surface area contributed by atoms with Gasteiger partial charge in [0, 0.05) is 17.2 Å². The van der Waals surface area contributed by atoms with E-state index in [-0.39, 0.29) is 17.0 Å². The Morgan fingerprint density at radius 2 is 2.06 bits per heavy atom. The van der Waals surface area contributed by atoms with Crippen LogP contribution in [0.3, 0.4) is 0 Å². The summed E-state index contributed by atoms with van der Waals surface area (Å²) in [4.78, 5) is 1.36. The van der Waals surface area contributed by atoms with Crippen LogP contribution < -0.4 is 5.32 Å². The highest BCUT2D eigenvalue weighted by Gasteiger charge is 2.01. The van der Waals surface area contributed by atoms with Gasteiger partial charge in [0.15, 0.2) is 0 Å². The van der Waals surface area contributed by atoms with Gasteiger partial charge in [0.2, 0.25) is 0 Å². The van der Waals surface area contributed by atoms with E-state index >= 15 is 0 Å². The first-order valence-corrected chi connectivity index (χ1v) is 6.75. The van der Waals surface area contributed by atoms with Crippen LogP contribution in [-0.2, 0) is 6.54 Å². The number of rotatable bonds is 7. The van der Waals surface area contributed by atoms with Gasteiger partial charge in [-0.2, -0.15) is 0 Å². The normalized spacial score (nSPS) is 10.1. The first kappa shape index (κ1) is 16.8. The lowest BCUT2D eigenvalue weighted by Gasteiger charge is -2.10. The summed E-state index contributed by atoms with van der Waals surface area (Å²) >= 11 is 1.85. The van der Waals surface area contributed by atoms with Crippen LogP contribution in [0.2, 0.25) is 0 Å². The maximum absolute atomic E-state index is 3.75. The summed E-state index contributed by atoms with van der Waals surface area (Å²) in [5.41, 5.74) is 1.38. The van der Waals surface area contributed by atoms with Crippen LogP contribution >= 0.6 is 28.7 Å². The van der Waals surface area contributed by atoms with Gasteiger partial charge >= 0.3 is 0 Å². The van der Waals surface area contributed by atoms with E-state index < -0.39 is 0 Å². The Morgan fingerprint density at radius 1 is 1.35 bits per heavy atom. The molecule has 0 bridgehead atoms. The molecule has 17 heavy (non-hydrogen) atoms. The van der Waals surface area contributed by atoms with Crippen molar-refractivity contribution in [3.8, 4) is 0 Å². The number of benzene rings is 1. The lowest BCUT2D eigenvalue weighted by atomic mass is 10.2. The molecule has 0 unspecified atom stereocenters. The zero-order valence-corrected chi connectivity index (χ0v) is 13.1. The maximum Gasteiger partial charge on any atom is 0.0216 e. The second-order valence-electron chi connectivity index (χ2n) is 4.23. The fourth-order valence-corrected chi connectivity index (χ4v) is 2.23. The standard InChI is InChI=1S/C14H21NS.BrH/c1-4-9-16-14-8-6-5-7-13(14)11-15-10-12(2)3;/h4-8,12,15H,1,9-11H2,2-3H3;1H. The highest BCUT2D eigenvalue weighted by Crippen LogP contribution is 2.22. The largest absolute Gasteiger partial charge is 0.312 e. The Labute approximate surface area is 120 Å². The third kappa shape index (κ3) is 6.92. The molecular formula is C14H22BrNS. The quantitative estimate of drug-likeness (QED) is 0.595. The third-order valence-electron chi connectivity index (χ3n) is 2.20. The number of hydrogen-bond donors (Lipinski definition) is 1. The van der Waals surface area contributed by atoms with Gasteiger partial charge in [0.25, 0.3) is 0 Å². The van der Waals surface area contributed by atoms with Crippen LogP contribution in [0.4, 0.5) is 0 Å². The number of halogens is 1. The number of nitrogens with one attached hydrogen (secondary N) is 1. The van der Waals surface area contributed by atoms with Gasteiger partial charge in [-0.25, -0.2) is 0 Å². The molecule has 0 atom stereocenters. The summed E-state index contributed by atoms with van der Waals surface area (Å²) in [6.07, 6.45) is 1.95. The molecular weight excluding hydrogens is 294 g/mol. The minimum absolute atomic E-state index is 0. The Bertz CT molecular complexity index is 326. The first-order chi connectivity index (χ1) is 7.74. The summed E-state index contributed by atoms with van der Waals surface area (Å²) in [5.74, 6) is 1.68. The van der Waals surface area contributed by atoms with Gasteiger partial charge in [-0.05, 0) is 24.1 Å². The number of thioether (sulfide) groups is 1. The summed E-state index contributed by atoms with van der Waals surface area (Å²) < 4.78 is 0. The minimum Gasteiger partial charge on any atom is -0.312 e. The zero-order valence-electron chi connectivity index (χ0n) is 10.6. The van der Waals surface area contributed by atoms with E-state index in [0.29, 0.717) is 5.92 Å². The first-order valence-electron chi connectivity index (χ1n) is 5.76. The van der Waals surface area contributed by atoms with Crippen molar-refractivity contribution in [2.45, 2.75) is 25.3 Å². The molecule has 0 aliphatic heterocycles. The summed E-state index contributed by atoms with van der Waals surface area (Å²) in [6, 6.07) is 8.57. The monoisotopic (exact) mass is 315 g/mol. The van der Waals surface area contributed by atoms with Crippen LogP contribution in [0.1, 0.15) is 19.4 Å². The molecule has 1 aromatic rings. The smallest absolute Gasteiger partial charge is 0.0216 e. The van der Waals surface area contributed by atoms with Crippen LogP contribution in [0.25, 0.3) is 0 Å². The Hall–Kier alpha value is -0.250. The average Bonchev–Trinajstić information content (AvgIpc) is 2.27. The third-order valence-corrected chi connectivity index (χ3v) is 3.31. The van der Waals surface area contributed by atoms with Gasteiger partial charge in [-0.3, -0.25) is 0 Å². The lowest BCUT2D eigenvalue weighted by molar-refractivity contribution is 0.550. The van der Waals surface area contributed by atoms with E-state index in [4.69, 9.17) is 0 Å². The molecule has 1 aromatic carbocycles. The molecule has 96 valence electrons. The predicted molar refractivity (Wildman–Crippen MR) is 84.2 cm³/mol. The van der Waals surface area contributed by atoms with Crippen molar-refractivity contribution in [3.63, 3.8) is 0 Å². The molecule has 1 N–H and O–H groups in total. The van der Waals surface area contributed by atoms with Crippen molar-refractivity contribution < 1.29 is 0 Å². The Morgan fingerprint density at radius 3 is 2.71 bits per heavy atom. The van der Waals surface area contributed by atoms with Crippen molar-refractivity contribution in [1.82, 2.24) is 5.32 Å². The van der Waals surface area contributed by atoms with Crippen LogP contribution in [-0.4, -0.2) is 12.3 Å². The molecule has 0 heterocycles. The van der Waals surface area contributed by atoms with E-state index in [0.717, 1.165) is 18.8 Å². The molecule has 0 saturated carbocycles. The van der Waals surface area contributed by atoms with Crippen molar-refractivity contribution in [2.75, 3.05) is 12.3 Å². The number of hydrogen-bond acceptors (Lipinski definition) is 2. The van der Waals surface area contributed by atoms with Gasteiger partial charge in [-0.15, -0.1) is 35.3 Å².